The van der Waals surface area contributed by atoms with Gasteiger partial charge in [-0.1, -0.05) is 11.6 Å². The van der Waals surface area contributed by atoms with Crippen LogP contribution in [0.4, 0.5) is 10.3 Å². The molecule has 1 fully saturated rings. The van der Waals surface area contributed by atoms with Gasteiger partial charge in [0.05, 0.1) is 12.9 Å². The Morgan fingerprint density at radius 2 is 2.29 bits per heavy atom. The van der Waals surface area contributed by atoms with Crippen molar-refractivity contribution >= 4 is 28.7 Å². The Morgan fingerprint density at radius 1 is 1.57 bits per heavy atom. The smallest absolute Gasteiger partial charge is 0.223 e. The van der Waals surface area contributed by atoms with Gasteiger partial charge < -0.3 is 20.7 Å². The number of rotatable bonds is 2. The second kappa shape index (κ2) is 4.73. The van der Waals surface area contributed by atoms with Crippen molar-refractivity contribution in [2.75, 3.05) is 12.3 Å². The van der Waals surface area contributed by atoms with Gasteiger partial charge >= 0.3 is 0 Å². The second-order valence-corrected chi connectivity index (χ2v) is 5.36. The topological polar surface area (TPSA) is 119 Å². The van der Waals surface area contributed by atoms with Crippen molar-refractivity contribution in [3.8, 4) is 0 Å². The molecule has 8 nitrogen and oxygen atoms in total. The van der Waals surface area contributed by atoms with E-state index in [0.717, 1.165) is 0 Å². The number of alkyl halides is 1. The fourth-order valence-electron chi connectivity index (χ4n) is 2.43. The number of hydrogen-bond acceptors (Lipinski definition) is 7. The molecule has 1 aliphatic heterocycles. The largest absolute Gasteiger partial charge is 0.394 e. The van der Waals surface area contributed by atoms with Crippen LogP contribution in [0.3, 0.4) is 0 Å². The number of imidazole rings is 1. The number of anilines is 1. The summed E-state index contributed by atoms with van der Waals surface area (Å²) in [6.07, 6.45) is -2.48. The van der Waals surface area contributed by atoms with Crippen LogP contribution in [-0.4, -0.2) is 54.2 Å². The van der Waals surface area contributed by atoms with Gasteiger partial charge in [-0.15, -0.1) is 0 Å². The summed E-state index contributed by atoms with van der Waals surface area (Å²) in [7, 11) is 0. The minimum Gasteiger partial charge on any atom is -0.394 e. The van der Waals surface area contributed by atoms with Crippen LogP contribution in [0.1, 0.15) is 13.2 Å². The van der Waals surface area contributed by atoms with E-state index in [1.54, 1.807) is 0 Å². The molecular weight excluding hydrogens is 305 g/mol. The highest BCUT2D eigenvalue weighted by Gasteiger charge is 2.55. The number of nitrogens with two attached hydrogens (primary N) is 1. The van der Waals surface area contributed by atoms with Gasteiger partial charge in [0, 0.05) is 0 Å². The van der Waals surface area contributed by atoms with Gasteiger partial charge in [0.1, 0.15) is 17.7 Å². The van der Waals surface area contributed by atoms with Gasteiger partial charge in [-0.2, -0.15) is 9.97 Å². The normalized spacial score (nSPS) is 32.9. The van der Waals surface area contributed by atoms with E-state index in [4.69, 9.17) is 27.2 Å². The molecule has 21 heavy (non-hydrogen) atoms. The molecular formula is C11H13ClFN5O3. The second-order valence-electron chi connectivity index (χ2n) is 5.00. The van der Waals surface area contributed by atoms with Crippen LogP contribution in [0.25, 0.3) is 11.2 Å². The van der Waals surface area contributed by atoms with E-state index in [0.29, 0.717) is 0 Å². The van der Waals surface area contributed by atoms with Gasteiger partial charge in [0.2, 0.25) is 5.95 Å². The third-order valence-electron chi connectivity index (χ3n) is 3.55. The van der Waals surface area contributed by atoms with Gasteiger partial charge in [-0.25, -0.2) is 9.37 Å². The summed E-state index contributed by atoms with van der Waals surface area (Å²) in [5.41, 5.74) is 3.81. The summed E-state index contributed by atoms with van der Waals surface area (Å²) in [5.74, 6) is -0.0907. The van der Waals surface area contributed by atoms with Crippen LogP contribution < -0.4 is 5.73 Å². The van der Waals surface area contributed by atoms with E-state index >= 15 is 0 Å². The van der Waals surface area contributed by atoms with E-state index in [2.05, 4.69) is 15.0 Å². The summed E-state index contributed by atoms with van der Waals surface area (Å²) in [5, 5.41) is 19.1. The lowest BCUT2D eigenvalue weighted by atomic mass is 9.99. The predicted octanol–water partition coefficient (Wildman–Crippen LogP) is 0.0407. The lowest BCUT2D eigenvalue weighted by Crippen LogP contribution is -2.40. The number of nitrogens with zero attached hydrogens (tertiary/aromatic N) is 4. The lowest BCUT2D eigenvalue weighted by molar-refractivity contribution is -0.0566. The van der Waals surface area contributed by atoms with Crippen LogP contribution in [-0.2, 0) is 4.74 Å². The molecule has 0 radical (unpaired) electrons. The van der Waals surface area contributed by atoms with E-state index in [9.17, 15) is 9.50 Å². The van der Waals surface area contributed by atoms with Crippen LogP contribution in [0, 0.1) is 0 Å². The maximum atomic E-state index is 14.8. The van der Waals surface area contributed by atoms with Gasteiger partial charge in [0.15, 0.2) is 22.7 Å². The summed E-state index contributed by atoms with van der Waals surface area (Å²) < 4.78 is 21.4. The molecule has 0 saturated carbocycles. The lowest BCUT2D eigenvalue weighted by Gasteiger charge is -2.24. The zero-order valence-electron chi connectivity index (χ0n) is 10.9. The number of aromatic nitrogens is 4. The molecule has 2 aromatic heterocycles. The van der Waals surface area contributed by atoms with Crippen molar-refractivity contribution in [3.63, 3.8) is 0 Å². The molecule has 3 heterocycles. The standard InChI is InChI=1S/C11H13ClFN5O3/c1-11(13)6(20)4(2-19)21-9(11)18-3-15-5-7(12)16-10(14)17-8(5)18/h3-4,6,9,19-20H,2H2,1H3,(H2,14,16,17). The summed E-state index contributed by atoms with van der Waals surface area (Å²) in [6.45, 7) is 0.664. The number of aliphatic hydroxyl groups is 2. The first-order valence-corrected chi connectivity index (χ1v) is 6.53. The van der Waals surface area contributed by atoms with Crippen molar-refractivity contribution in [2.24, 2.45) is 0 Å². The first kappa shape index (κ1) is 14.4. The first-order valence-electron chi connectivity index (χ1n) is 6.15. The Kier molecular flexibility index (Phi) is 3.24. The van der Waals surface area contributed by atoms with Crippen LogP contribution >= 0.6 is 11.6 Å². The molecule has 114 valence electrons. The monoisotopic (exact) mass is 317 g/mol. The SMILES string of the molecule is CC1(F)C(O)C(CO)OC1n1cnc2c(Cl)nc(N)nc21. The Balaban J connectivity index is 2.13. The number of nitrogen functional groups attached to an aromatic ring is 1. The Labute approximate surface area is 123 Å². The molecule has 0 bridgehead atoms. The maximum absolute atomic E-state index is 14.8. The fraction of sp³-hybridized carbons (Fsp3) is 0.545. The van der Waals surface area contributed by atoms with Crippen molar-refractivity contribution in [3.05, 3.63) is 11.5 Å². The molecule has 0 aliphatic carbocycles. The molecule has 2 aromatic rings. The number of ether oxygens (including phenoxy) is 1. The van der Waals surface area contributed by atoms with Crippen molar-refractivity contribution in [2.45, 2.75) is 31.0 Å². The predicted molar refractivity (Wildman–Crippen MR) is 71.3 cm³/mol. The summed E-state index contributed by atoms with van der Waals surface area (Å²) >= 11 is 5.91. The molecule has 4 atom stereocenters. The molecule has 4 unspecified atom stereocenters. The summed E-state index contributed by atoms with van der Waals surface area (Å²) in [4.78, 5) is 11.7. The summed E-state index contributed by atoms with van der Waals surface area (Å²) in [6, 6.07) is 0. The molecule has 0 amide bonds. The zero-order chi connectivity index (χ0) is 15.4. The van der Waals surface area contributed by atoms with Crippen LogP contribution in [0.5, 0.6) is 0 Å². The van der Waals surface area contributed by atoms with Crippen molar-refractivity contribution in [1.29, 1.82) is 0 Å². The maximum Gasteiger partial charge on any atom is 0.223 e. The van der Waals surface area contributed by atoms with E-state index in [1.807, 2.05) is 0 Å². The fourth-order valence-corrected chi connectivity index (χ4v) is 2.65. The van der Waals surface area contributed by atoms with Crippen molar-refractivity contribution in [1.82, 2.24) is 19.5 Å². The van der Waals surface area contributed by atoms with Gasteiger partial charge in [-0.05, 0) is 6.92 Å². The molecule has 0 aromatic carbocycles. The third-order valence-corrected chi connectivity index (χ3v) is 3.81. The first-order chi connectivity index (χ1) is 9.86. The number of hydrogen-bond donors (Lipinski definition) is 3. The zero-order valence-corrected chi connectivity index (χ0v) is 11.7. The highest BCUT2D eigenvalue weighted by atomic mass is 35.5. The van der Waals surface area contributed by atoms with Crippen LogP contribution in [0.2, 0.25) is 5.15 Å². The minimum absolute atomic E-state index is 0.0362. The molecule has 1 saturated heterocycles. The molecule has 1 aliphatic rings. The van der Waals surface area contributed by atoms with Crippen molar-refractivity contribution < 1.29 is 19.3 Å². The quantitative estimate of drug-likeness (QED) is 0.669. The number of fused-ring (bicyclic) bond motifs is 1. The van der Waals surface area contributed by atoms with Gasteiger partial charge in [0.25, 0.3) is 0 Å². The highest BCUT2D eigenvalue weighted by molar-refractivity contribution is 6.33. The highest BCUT2D eigenvalue weighted by Crippen LogP contribution is 2.42. The number of halogens is 2. The van der Waals surface area contributed by atoms with E-state index < -0.39 is 30.7 Å². The Hall–Kier alpha value is -1.55. The molecule has 0 spiro atoms. The third kappa shape index (κ3) is 2.04. The molecule has 4 N–H and O–H groups in total. The Morgan fingerprint density at radius 3 is 2.90 bits per heavy atom. The van der Waals surface area contributed by atoms with E-state index in [1.165, 1.54) is 17.8 Å². The average Bonchev–Trinajstić information content (AvgIpc) is 2.91. The number of aliphatic hydroxyl groups excluding tert-OH is 2. The minimum atomic E-state index is -2.15. The average molecular weight is 318 g/mol. The molecule has 10 heteroatoms. The van der Waals surface area contributed by atoms with E-state index in [-0.39, 0.29) is 22.3 Å². The Bertz CT molecular complexity index is 694. The van der Waals surface area contributed by atoms with Crippen LogP contribution in [0.15, 0.2) is 6.33 Å². The van der Waals surface area contributed by atoms with Gasteiger partial charge in [-0.3, -0.25) is 4.57 Å². The molecule has 3 rings (SSSR count).